The average molecular weight is 304 g/mol. The Labute approximate surface area is 133 Å². The SMILES string of the molecule is Cc1ccccc1NC1CCN(C(=O)CCOC(C)C)CC1. The van der Waals surface area contributed by atoms with Gasteiger partial charge in [-0.1, -0.05) is 18.2 Å². The second kappa shape index (κ2) is 8.18. The van der Waals surface area contributed by atoms with Crippen LogP contribution in [0.25, 0.3) is 0 Å². The number of benzene rings is 1. The maximum Gasteiger partial charge on any atom is 0.224 e. The first-order valence-corrected chi connectivity index (χ1v) is 8.28. The van der Waals surface area contributed by atoms with Gasteiger partial charge in [0, 0.05) is 24.8 Å². The van der Waals surface area contributed by atoms with Crippen LogP contribution < -0.4 is 5.32 Å². The Morgan fingerprint density at radius 3 is 2.64 bits per heavy atom. The van der Waals surface area contributed by atoms with Crippen molar-refractivity contribution in [3.05, 3.63) is 29.8 Å². The van der Waals surface area contributed by atoms with E-state index in [0.29, 0.717) is 19.1 Å². The van der Waals surface area contributed by atoms with E-state index in [2.05, 4.69) is 36.5 Å². The molecule has 2 rings (SSSR count). The molecule has 1 N–H and O–H groups in total. The van der Waals surface area contributed by atoms with Crippen molar-refractivity contribution in [2.45, 2.75) is 52.2 Å². The van der Waals surface area contributed by atoms with E-state index in [9.17, 15) is 4.79 Å². The summed E-state index contributed by atoms with van der Waals surface area (Å²) >= 11 is 0. The normalized spacial score (nSPS) is 16.1. The lowest BCUT2D eigenvalue weighted by Crippen LogP contribution is -2.42. The summed E-state index contributed by atoms with van der Waals surface area (Å²) in [6, 6.07) is 8.81. The molecule has 0 unspecified atom stereocenters. The van der Waals surface area contributed by atoms with Crippen molar-refractivity contribution >= 4 is 11.6 Å². The largest absolute Gasteiger partial charge is 0.382 e. The molecule has 0 atom stereocenters. The van der Waals surface area contributed by atoms with Crippen molar-refractivity contribution < 1.29 is 9.53 Å². The van der Waals surface area contributed by atoms with Gasteiger partial charge in [-0.2, -0.15) is 0 Å². The van der Waals surface area contributed by atoms with Crippen LogP contribution in [-0.4, -0.2) is 42.6 Å². The van der Waals surface area contributed by atoms with Gasteiger partial charge in [0.25, 0.3) is 0 Å². The topological polar surface area (TPSA) is 41.6 Å². The number of para-hydroxylation sites is 1. The monoisotopic (exact) mass is 304 g/mol. The Morgan fingerprint density at radius 2 is 2.00 bits per heavy atom. The Balaban J connectivity index is 1.73. The van der Waals surface area contributed by atoms with Gasteiger partial charge >= 0.3 is 0 Å². The fourth-order valence-corrected chi connectivity index (χ4v) is 2.77. The van der Waals surface area contributed by atoms with Gasteiger partial charge in [0.05, 0.1) is 19.1 Å². The highest BCUT2D eigenvalue weighted by Crippen LogP contribution is 2.20. The molecular weight excluding hydrogens is 276 g/mol. The fourth-order valence-electron chi connectivity index (χ4n) is 2.77. The summed E-state index contributed by atoms with van der Waals surface area (Å²) in [7, 11) is 0. The minimum atomic E-state index is 0.192. The number of nitrogens with zero attached hydrogens (tertiary/aromatic N) is 1. The number of likely N-dealkylation sites (tertiary alicyclic amines) is 1. The lowest BCUT2D eigenvalue weighted by atomic mass is 10.0. The molecule has 0 aliphatic carbocycles. The van der Waals surface area contributed by atoms with Gasteiger partial charge in [-0.05, 0) is 45.2 Å². The van der Waals surface area contributed by atoms with Crippen molar-refractivity contribution in [2.75, 3.05) is 25.0 Å². The third-order valence-electron chi connectivity index (χ3n) is 4.12. The molecule has 1 heterocycles. The van der Waals surface area contributed by atoms with E-state index in [1.807, 2.05) is 18.7 Å². The average Bonchev–Trinajstić information content (AvgIpc) is 2.50. The smallest absolute Gasteiger partial charge is 0.224 e. The van der Waals surface area contributed by atoms with Gasteiger partial charge in [0.2, 0.25) is 5.91 Å². The van der Waals surface area contributed by atoms with E-state index in [1.165, 1.54) is 11.3 Å². The van der Waals surface area contributed by atoms with E-state index >= 15 is 0 Å². The number of piperidine rings is 1. The number of carbonyl (C=O) groups is 1. The zero-order valence-corrected chi connectivity index (χ0v) is 14.0. The van der Waals surface area contributed by atoms with Crippen LogP contribution in [0.5, 0.6) is 0 Å². The summed E-state index contributed by atoms with van der Waals surface area (Å²) in [4.78, 5) is 14.1. The molecule has 1 aromatic rings. The standard InChI is InChI=1S/C18H28N2O2/c1-14(2)22-13-10-18(21)20-11-8-16(9-12-20)19-17-7-5-4-6-15(17)3/h4-7,14,16,19H,8-13H2,1-3H3. The van der Waals surface area contributed by atoms with Crippen LogP contribution in [0.4, 0.5) is 5.69 Å². The third kappa shape index (κ3) is 5.02. The second-order valence-corrected chi connectivity index (χ2v) is 6.28. The lowest BCUT2D eigenvalue weighted by Gasteiger charge is -2.33. The van der Waals surface area contributed by atoms with Crippen molar-refractivity contribution in [3.8, 4) is 0 Å². The van der Waals surface area contributed by atoms with Crippen LogP contribution in [0.2, 0.25) is 0 Å². The van der Waals surface area contributed by atoms with Crippen molar-refractivity contribution in [2.24, 2.45) is 0 Å². The molecule has 0 spiro atoms. The zero-order valence-electron chi connectivity index (χ0n) is 14.0. The molecule has 4 nitrogen and oxygen atoms in total. The quantitative estimate of drug-likeness (QED) is 0.877. The van der Waals surface area contributed by atoms with Crippen LogP contribution in [0, 0.1) is 6.92 Å². The summed E-state index contributed by atoms with van der Waals surface area (Å²) < 4.78 is 5.46. The number of rotatable bonds is 6. The number of hydrogen-bond acceptors (Lipinski definition) is 3. The van der Waals surface area contributed by atoms with Crippen LogP contribution in [0.15, 0.2) is 24.3 Å². The van der Waals surface area contributed by atoms with Crippen LogP contribution in [0.3, 0.4) is 0 Å². The van der Waals surface area contributed by atoms with Gasteiger partial charge in [-0.15, -0.1) is 0 Å². The molecule has 1 amide bonds. The molecular formula is C18H28N2O2. The number of carbonyl (C=O) groups excluding carboxylic acids is 1. The highest BCUT2D eigenvalue weighted by atomic mass is 16.5. The van der Waals surface area contributed by atoms with E-state index in [4.69, 9.17) is 4.74 Å². The number of anilines is 1. The Hall–Kier alpha value is -1.55. The highest BCUT2D eigenvalue weighted by molar-refractivity contribution is 5.76. The summed E-state index contributed by atoms with van der Waals surface area (Å²) in [5.74, 6) is 0.218. The van der Waals surface area contributed by atoms with Crippen molar-refractivity contribution in [1.29, 1.82) is 0 Å². The van der Waals surface area contributed by atoms with E-state index < -0.39 is 0 Å². The Morgan fingerprint density at radius 1 is 1.32 bits per heavy atom. The zero-order chi connectivity index (χ0) is 15.9. The number of amides is 1. The number of hydrogen-bond donors (Lipinski definition) is 1. The van der Waals surface area contributed by atoms with Crippen LogP contribution >= 0.6 is 0 Å². The van der Waals surface area contributed by atoms with E-state index in [0.717, 1.165) is 25.9 Å². The molecule has 0 radical (unpaired) electrons. The molecule has 1 fully saturated rings. The van der Waals surface area contributed by atoms with Crippen LogP contribution in [0.1, 0.15) is 38.7 Å². The van der Waals surface area contributed by atoms with Gasteiger partial charge in [-0.25, -0.2) is 0 Å². The number of aryl methyl sites for hydroxylation is 1. The summed E-state index contributed by atoms with van der Waals surface area (Å²) in [6.07, 6.45) is 2.70. The predicted molar refractivity (Wildman–Crippen MR) is 90.1 cm³/mol. The minimum absolute atomic E-state index is 0.192. The third-order valence-corrected chi connectivity index (χ3v) is 4.12. The van der Waals surface area contributed by atoms with E-state index in [-0.39, 0.29) is 12.0 Å². The molecule has 1 aliphatic rings. The molecule has 4 heteroatoms. The molecule has 1 aromatic carbocycles. The summed E-state index contributed by atoms with van der Waals surface area (Å²) in [5.41, 5.74) is 2.48. The summed E-state index contributed by atoms with van der Waals surface area (Å²) in [5, 5.41) is 3.60. The Bertz CT molecular complexity index is 480. The fraction of sp³-hybridized carbons (Fsp3) is 0.611. The minimum Gasteiger partial charge on any atom is -0.382 e. The molecule has 1 saturated heterocycles. The van der Waals surface area contributed by atoms with Gasteiger partial charge in [-0.3, -0.25) is 4.79 Å². The lowest BCUT2D eigenvalue weighted by molar-refractivity contribution is -0.133. The molecule has 0 bridgehead atoms. The second-order valence-electron chi connectivity index (χ2n) is 6.28. The van der Waals surface area contributed by atoms with Crippen molar-refractivity contribution in [1.82, 2.24) is 4.90 Å². The first-order valence-electron chi connectivity index (χ1n) is 8.28. The van der Waals surface area contributed by atoms with Crippen molar-refractivity contribution in [3.63, 3.8) is 0 Å². The maximum absolute atomic E-state index is 12.1. The molecule has 1 aliphatic heterocycles. The first-order chi connectivity index (χ1) is 10.6. The number of nitrogens with one attached hydrogen (secondary N) is 1. The van der Waals surface area contributed by atoms with Crippen LogP contribution in [-0.2, 0) is 9.53 Å². The van der Waals surface area contributed by atoms with Gasteiger partial charge in [0.15, 0.2) is 0 Å². The highest BCUT2D eigenvalue weighted by Gasteiger charge is 2.22. The van der Waals surface area contributed by atoms with E-state index in [1.54, 1.807) is 0 Å². The summed E-state index contributed by atoms with van der Waals surface area (Å²) in [6.45, 7) is 8.31. The van der Waals surface area contributed by atoms with Gasteiger partial charge < -0.3 is 15.0 Å². The molecule has 122 valence electrons. The van der Waals surface area contributed by atoms with Gasteiger partial charge in [0.1, 0.15) is 0 Å². The maximum atomic E-state index is 12.1. The number of ether oxygens (including phenoxy) is 1. The molecule has 22 heavy (non-hydrogen) atoms. The Kier molecular flexibility index (Phi) is 6.25. The first kappa shape index (κ1) is 16.8. The molecule has 0 saturated carbocycles. The predicted octanol–water partition coefficient (Wildman–Crippen LogP) is 3.21. The molecule has 0 aromatic heterocycles.